The lowest BCUT2D eigenvalue weighted by Crippen LogP contribution is -2.45. The molecule has 0 aliphatic carbocycles. The van der Waals surface area contributed by atoms with Gasteiger partial charge in [0, 0.05) is 0 Å². The minimum absolute atomic E-state index is 0.0111. The summed E-state index contributed by atoms with van der Waals surface area (Å²) in [7, 11) is 0. The van der Waals surface area contributed by atoms with Gasteiger partial charge < -0.3 is 5.11 Å². The number of carbonyl (C=O) groups is 1. The number of carboxylic acids is 1. The second-order valence-electron chi connectivity index (χ2n) is 6.54. The van der Waals surface area contributed by atoms with Crippen LogP contribution in [-0.2, 0) is 4.79 Å². The summed E-state index contributed by atoms with van der Waals surface area (Å²) in [5, 5.41) is 11.5. The van der Waals surface area contributed by atoms with Crippen LogP contribution < -0.4 is 5.32 Å². The van der Waals surface area contributed by atoms with E-state index in [1.54, 1.807) is 6.07 Å². The number of rotatable bonds is 6. The maximum Gasteiger partial charge on any atom is 0.407 e. The summed E-state index contributed by atoms with van der Waals surface area (Å²) in [6.45, 7) is 5.76. The maximum atomic E-state index is 13.2. The molecule has 0 heterocycles. The fourth-order valence-electron chi connectivity index (χ4n) is 2.08. The molecule has 0 spiro atoms. The van der Waals surface area contributed by atoms with Crippen LogP contribution in [0.4, 0.5) is 13.2 Å². The number of hydrogen-bond donors (Lipinski definition) is 2. The highest BCUT2D eigenvalue weighted by atomic mass is 19.4. The number of aliphatic carboxylic acids is 1. The number of alkyl halides is 3. The number of hydrogen-bond acceptors (Lipinski definition) is 2. The topological polar surface area (TPSA) is 49.3 Å². The standard InChI is InChI=1S/C16H22F3NO2/c1-15(2,3)10-9-12(14(21)22)20-13(16(17,18)19)11-7-5-4-6-8-11/h4-8,12-13,20H,9-10H2,1-3H3,(H,21,22)/t12-,13-/m0/s1. The van der Waals surface area contributed by atoms with Gasteiger partial charge in [0.15, 0.2) is 0 Å². The smallest absolute Gasteiger partial charge is 0.407 e. The van der Waals surface area contributed by atoms with E-state index in [-0.39, 0.29) is 17.4 Å². The van der Waals surface area contributed by atoms with E-state index in [4.69, 9.17) is 0 Å². The molecule has 2 N–H and O–H groups in total. The number of halogens is 3. The van der Waals surface area contributed by atoms with Gasteiger partial charge in [0.05, 0.1) is 0 Å². The van der Waals surface area contributed by atoms with Gasteiger partial charge in [-0.15, -0.1) is 0 Å². The Hall–Kier alpha value is -1.56. The van der Waals surface area contributed by atoms with Gasteiger partial charge in [0.1, 0.15) is 12.1 Å². The molecule has 0 saturated carbocycles. The molecule has 2 atom stereocenters. The largest absolute Gasteiger partial charge is 0.480 e. The first-order valence-electron chi connectivity index (χ1n) is 7.11. The Morgan fingerprint density at radius 3 is 2.14 bits per heavy atom. The van der Waals surface area contributed by atoms with Crippen molar-refractivity contribution >= 4 is 5.97 Å². The van der Waals surface area contributed by atoms with Crippen LogP contribution >= 0.6 is 0 Å². The normalized spacial score (nSPS) is 15.4. The molecule has 0 aliphatic rings. The Bertz CT molecular complexity index is 480. The molecule has 1 aromatic rings. The average molecular weight is 317 g/mol. The predicted molar refractivity (Wildman–Crippen MR) is 78.5 cm³/mol. The fraction of sp³-hybridized carbons (Fsp3) is 0.562. The molecule has 0 amide bonds. The monoisotopic (exact) mass is 317 g/mol. The molecule has 0 unspecified atom stereocenters. The molecule has 6 heteroatoms. The molecular weight excluding hydrogens is 295 g/mol. The summed E-state index contributed by atoms with van der Waals surface area (Å²) in [4.78, 5) is 11.3. The van der Waals surface area contributed by atoms with Gasteiger partial charge in [-0.2, -0.15) is 13.2 Å². The zero-order valence-corrected chi connectivity index (χ0v) is 12.9. The molecule has 3 nitrogen and oxygen atoms in total. The lowest BCUT2D eigenvalue weighted by Gasteiger charge is -2.27. The highest BCUT2D eigenvalue weighted by Gasteiger charge is 2.42. The minimum atomic E-state index is -4.56. The molecule has 0 bridgehead atoms. The third-order valence-corrected chi connectivity index (χ3v) is 3.31. The van der Waals surface area contributed by atoms with Crippen molar-refractivity contribution in [2.24, 2.45) is 5.41 Å². The lowest BCUT2D eigenvalue weighted by atomic mass is 9.88. The third-order valence-electron chi connectivity index (χ3n) is 3.31. The van der Waals surface area contributed by atoms with Crippen LogP contribution in [0.15, 0.2) is 30.3 Å². The third kappa shape index (κ3) is 6.05. The summed E-state index contributed by atoms with van der Waals surface area (Å²) in [5.41, 5.74) is -0.132. The van der Waals surface area contributed by atoms with Crippen LogP contribution in [-0.4, -0.2) is 23.3 Å². The van der Waals surface area contributed by atoms with Crippen LogP contribution in [0, 0.1) is 5.41 Å². The molecule has 0 saturated heterocycles. The first-order chi connectivity index (χ1) is 10.0. The van der Waals surface area contributed by atoms with E-state index in [0.717, 1.165) is 0 Å². The highest BCUT2D eigenvalue weighted by Crippen LogP contribution is 2.33. The minimum Gasteiger partial charge on any atom is -0.480 e. The lowest BCUT2D eigenvalue weighted by molar-refractivity contribution is -0.163. The number of benzene rings is 1. The second kappa shape index (κ2) is 7.13. The van der Waals surface area contributed by atoms with Gasteiger partial charge in [-0.1, -0.05) is 51.1 Å². The van der Waals surface area contributed by atoms with Crippen LogP contribution in [0.3, 0.4) is 0 Å². The number of carboxylic acid groups (broad SMARTS) is 1. The maximum absolute atomic E-state index is 13.2. The molecule has 0 aliphatic heterocycles. The second-order valence-corrected chi connectivity index (χ2v) is 6.54. The van der Waals surface area contributed by atoms with Crippen LogP contribution in [0.5, 0.6) is 0 Å². The van der Waals surface area contributed by atoms with E-state index in [2.05, 4.69) is 5.32 Å². The zero-order valence-electron chi connectivity index (χ0n) is 12.9. The van der Waals surface area contributed by atoms with Gasteiger partial charge in [-0.25, -0.2) is 0 Å². The fourth-order valence-corrected chi connectivity index (χ4v) is 2.08. The summed E-state index contributed by atoms with van der Waals surface area (Å²) in [5.74, 6) is -1.27. The van der Waals surface area contributed by atoms with Gasteiger partial charge in [0.25, 0.3) is 0 Å². The van der Waals surface area contributed by atoms with E-state index in [1.807, 2.05) is 20.8 Å². The molecule has 1 rings (SSSR count). The first-order valence-corrected chi connectivity index (χ1v) is 7.11. The summed E-state index contributed by atoms with van der Waals surface area (Å²) in [6, 6.07) is 4.06. The Kier molecular flexibility index (Phi) is 6.00. The van der Waals surface area contributed by atoms with Crippen molar-refractivity contribution in [2.75, 3.05) is 0 Å². The van der Waals surface area contributed by atoms with Crippen LogP contribution in [0.2, 0.25) is 0 Å². The van der Waals surface area contributed by atoms with Gasteiger partial charge >= 0.3 is 12.1 Å². The molecule has 1 aromatic carbocycles. The molecule has 22 heavy (non-hydrogen) atoms. The van der Waals surface area contributed by atoms with Crippen LogP contribution in [0.1, 0.15) is 45.2 Å². The zero-order chi connectivity index (χ0) is 17.0. The van der Waals surface area contributed by atoms with Crippen molar-refractivity contribution in [3.63, 3.8) is 0 Å². The number of nitrogens with one attached hydrogen (secondary N) is 1. The van der Waals surface area contributed by atoms with Crippen molar-refractivity contribution in [1.29, 1.82) is 0 Å². The predicted octanol–water partition coefficient (Wildman–Crippen LogP) is 4.16. The van der Waals surface area contributed by atoms with Gasteiger partial charge in [-0.05, 0) is 23.8 Å². The van der Waals surface area contributed by atoms with Crippen molar-refractivity contribution < 1.29 is 23.1 Å². The molecule has 0 fully saturated rings. The molecule has 0 aromatic heterocycles. The van der Waals surface area contributed by atoms with Crippen molar-refractivity contribution in [3.8, 4) is 0 Å². The Morgan fingerprint density at radius 1 is 1.18 bits per heavy atom. The Morgan fingerprint density at radius 2 is 1.73 bits per heavy atom. The summed E-state index contributed by atoms with van der Waals surface area (Å²) in [6.07, 6.45) is -3.91. The van der Waals surface area contributed by atoms with E-state index in [1.165, 1.54) is 24.3 Å². The summed E-state index contributed by atoms with van der Waals surface area (Å²) >= 11 is 0. The quantitative estimate of drug-likeness (QED) is 0.828. The summed E-state index contributed by atoms with van der Waals surface area (Å²) < 4.78 is 39.7. The van der Waals surface area contributed by atoms with E-state index >= 15 is 0 Å². The van der Waals surface area contributed by atoms with Gasteiger partial charge in [-0.3, -0.25) is 10.1 Å². The van der Waals surface area contributed by atoms with Crippen molar-refractivity contribution in [2.45, 2.75) is 51.9 Å². The van der Waals surface area contributed by atoms with E-state index < -0.39 is 24.2 Å². The Balaban J connectivity index is 2.93. The molecule has 124 valence electrons. The van der Waals surface area contributed by atoms with Crippen molar-refractivity contribution in [1.82, 2.24) is 5.32 Å². The SMILES string of the molecule is CC(C)(C)CC[C@H](N[C@@H](c1ccccc1)C(F)(F)F)C(=O)O. The average Bonchev–Trinajstić information content (AvgIpc) is 2.36. The van der Waals surface area contributed by atoms with E-state index in [0.29, 0.717) is 6.42 Å². The van der Waals surface area contributed by atoms with E-state index in [9.17, 15) is 23.1 Å². The highest BCUT2D eigenvalue weighted by molar-refractivity contribution is 5.73. The molecule has 0 radical (unpaired) electrons. The van der Waals surface area contributed by atoms with Gasteiger partial charge in [0.2, 0.25) is 0 Å². The van der Waals surface area contributed by atoms with Crippen molar-refractivity contribution in [3.05, 3.63) is 35.9 Å². The first kappa shape index (κ1) is 18.5. The molecular formula is C16H22F3NO2. The van der Waals surface area contributed by atoms with Crippen LogP contribution in [0.25, 0.3) is 0 Å². The Labute approximate surface area is 128 Å².